The van der Waals surface area contributed by atoms with Crippen molar-refractivity contribution in [2.45, 2.75) is 83.4 Å². The molecule has 2 aromatic carbocycles. The first-order chi connectivity index (χ1) is 21.4. The van der Waals surface area contributed by atoms with E-state index in [4.69, 9.17) is 0 Å². The molecule has 0 aliphatic carbocycles. The van der Waals surface area contributed by atoms with Gasteiger partial charge < -0.3 is 10.1 Å². The van der Waals surface area contributed by atoms with Crippen molar-refractivity contribution in [3.63, 3.8) is 0 Å². The Bertz CT molecular complexity index is 1350. The minimum Gasteiger partial charge on any atom is -0.406 e. The van der Waals surface area contributed by atoms with Crippen LogP contribution in [-0.4, -0.2) is 44.6 Å². The molecule has 1 aliphatic heterocycles. The van der Waals surface area contributed by atoms with E-state index >= 15 is 0 Å². The molecule has 1 aliphatic rings. The molecule has 1 amide bonds. The summed E-state index contributed by atoms with van der Waals surface area (Å²) in [6.07, 6.45) is 8.69. The number of hydrogen-bond acceptors (Lipinski definition) is 4. The van der Waals surface area contributed by atoms with Gasteiger partial charge >= 0.3 is 6.36 Å². The minimum absolute atomic E-state index is 0.0689. The number of sulfonamides is 1. The Morgan fingerprint density at radius 2 is 1.69 bits per heavy atom. The Morgan fingerprint density at radius 3 is 2.24 bits per heavy atom. The van der Waals surface area contributed by atoms with E-state index in [-0.39, 0.29) is 30.3 Å². The second-order valence-electron chi connectivity index (χ2n) is 11.2. The second-order valence-corrected chi connectivity index (χ2v) is 13.1. The maximum absolute atomic E-state index is 13.3. The van der Waals surface area contributed by atoms with Crippen molar-refractivity contribution < 1.29 is 31.1 Å². The smallest absolute Gasteiger partial charge is 0.406 e. The number of carbonyl (C=O) groups is 1. The number of ether oxygens (including phenoxy) is 1. The van der Waals surface area contributed by atoms with Crippen molar-refractivity contribution >= 4 is 15.9 Å². The van der Waals surface area contributed by atoms with Crippen LogP contribution in [0.2, 0.25) is 0 Å². The predicted octanol–water partition coefficient (Wildman–Crippen LogP) is 8.38. The third-order valence-electron chi connectivity index (χ3n) is 7.41. The molecule has 3 rings (SSSR count). The van der Waals surface area contributed by atoms with Crippen molar-refractivity contribution in [2.24, 2.45) is 5.41 Å². The van der Waals surface area contributed by atoms with Gasteiger partial charge in [-0.3, -0.25) is 4.79 Å². The van der Waals surface area contributed by atoms with E-state index in [0.717, 1.165) is 54.7 Å². The van der Waals surface area contributed by atoms with E-state index in [1.54, 1.807) is 0 Å². The SMILES string of the molecule is C=C/C(=C\C/C=C\C)CCCNC(=O)CC1(Cc2ccccc2)CCN(S(=O)(=O)c2ccc(OC(F)(F)F)cc2)CC1.CCC. The summed E-state index contributed by atoms with van der Waals surface area (Å²) in [7, 11) is -3.93. The van der Waals surface area contributed by atoms with Crippen LogP contribution in [0.15, 0.2) is 95.9 Å². The van der Waals surface area contributed by atoms with E-state index in [0.29, 0.717) is 25.8 Å². The lowest BCUT2D eigenvalue weighted by atomic mass is 9.71. The molecule has 2 aromatic rings. The van der Waals surface area contributed by atoms with Gasteiger partial charge in [0.25, 0.3) is 0 Å². The van der Waals surface area contributed by atoms with Crippen molar-refractivity contribution in [2.75, 3.05) is 19.6 Å². The molecule has 1 saturated heterocycles. The number of carbonyl (C=O) groups excluding carboxylic acids is 1. The summed E-state index contributed by atoms with van der Waals surface area (Å²) in [5.41, 5.74) is 1.78. The van der Waals surface area contributed by atoms with Crippen LogP contribution in [-0.2, 0) is 21.2 Å². The average Bonchev–Trinajstić information content (AvgIpc) is 2.99. The van der Waals surface area contributed by atoms with E-state index in [2.05, 4.69) is 42.6 Å². The fourth-order valence-electron chi connectivity index (χ4n) is 5.17. The van der Waals surface area contributed by atoms with Gasteiger partial charge in [0.1, 0.15) is 5.75 Å². The van der Waals surface area contributed by atoms with E-state index in [9.17, 15) is 26.4 Å². The normalized spacial score (nSPS) is 15.6. The Kier molecular flexibility index (Phi) is 15.6. The lowest BCUT2D eigenvalue weighted by Crippen LogP contribution is -2.46. The maximum atomic E-state index is 13.3. The molecule has 0 aromatic heterocycles. The first-order valence-corrected chi connectivity index (χ1v) is 16.9. The highest BCUT2D eigenvalue weighted by atomic mass is 32.2. The Hall–Kier alpha value is -3.37. The molecule has 1 heterocycles. The van der Waals surface area contributed by atoms with Gasteiger partial charge in [0, 0.05) is 26.1 Å². The zero-order valence-corrected chi connectivity index (χ0v) is 27.4. The Labute approximate surface area is 267 Å². The molecular weight excluding hydrogens is 601 g/mol. The third kappa shape index (κ3) is 13.3. The summed E-state index contributed by atoms with van der Waals surface area (Å²) in [5, 5.41) is 3.04. The molecule has 45 heavy (non-hydrogen) atoms. The van der Waals surface area contributed by atoms with Gasteiger partial charge in [-0.05, 0) is 80.7 Å². The maximum Gasteiger partial charge on any atom is 0.573 e. The molecule has 1 N–H and O–H groups in total. The fraction of sp³-hybridized carbons (Fsp3) is 0.457. The molecule has 1 fully saturated rings. The highest BCUT2D eigenvalue weighted by Gasteiger charge is 2.40. The molecule has 0 saturated carbocycles. The molecule has 0 spiro atoms. The molecule has 10 heteroatoms. The quantitative estimate of drug-likeness (QED) is 0.127. The van der Waals surface area contributed by atoms with Gasteiger partial charge in [0.05, 0.1) is 4.90 Å². The van der Waals surface area contributed by atoms with Crippen molar-refractivity contribution in [3.05, 3.63) is 96.6 Å². The number of hydrogen-bond donors (Lipinski definition) is 1. The Balaban J connectivity index is 0.00000226. The summed E-state index contributed by atoms with van der Waals surface area (Å²) < 4.78 is 69.2. The third-order valence-corrected chi connectivity index (χ3v) is 9.33. The van der Waals surface area contributed by atoms with Crippen LogP contribution in [0.1, 0.15) is 71.3 Å². The number of nitrogens with zero attached hydrogens (tertiary/aromatic N) is 1. The lowest BCUT2D eigenvalue weighted by molar-refractivity contribution is -0.274. The molecule has 0 bridgehead atoms. The highest BCUT2D eigenvalue weighted by Crippen LogP contribution is 2.40. The van der Waals surface area contributed by atoms with Crippen LogP contribution in [0.4, 0.5) is 13.2 Å². The lowest BCUT2D eigenvalue weighted by Gasteiger charge is -2.41. The van der Waals surface area contributed by atoms with Crippen LogP contribution < -0.4 is 10.1 Å². The first-order valence-electron chi connectivity index (χ1n) is 15.5. The number of piperidine rings is 1. The number of amides is 1. The summed E-state index contributed by atoms with van der Waals surface area (Å²) in [5.74, 6) is -0.557. The van der Waals surface area contributed by atoms with E-state index in [1.165, 1.54) is 10.7 Å². The number of rotatable bonds is 14. The van der Waals surface area contributed by atoms with Gasteiger partial charge in [0.2, 0.25) is 15.9 Å². The van der Waals surface area contributed by atoms with Crippen LogP contribution in [0.3, 0.4) is 0 Å². The predicted molar refractivity (Wildman–Crippen MR) is 174 cm³/mol. The van der Waals surface area contributed by atoms with Crippen molar-refractivity contribution in [1.82, 2.24) is 9.62 Å². The largest absolute Gasteiger partial charge is 0.573 e. The van der Waals surface area contributed by atoms with Crippen molar-refractivity contribution in [3.8, 4) is 5.75 Å². The van der Waals surface area contributed by atoms with Crippen LogP contribution in [0, 0.1) is 5.41 Å². The average molecular weight is 649 g/mol. The van der Waals surface area contributed by atoms with Crippen LogP contribution in [0.25, 0.3) is 0 Å². The zero-order chi connectivity index (χ0) is 33.3. The number of benzene rings is 2. The fourth-order valence-corrected chi connectivity index (χ4v) is 6.62. The monoisotopic (exact) mass is 648 g/mol. The second kappa shape index (κ2) is 18.6. The van der Waals surface area contributed by atoms with E-state index < -0.39 is 27.6 Å². The summed E-state index contributed by atoms with van der Waals surface area (Å²) in [6, 6.07) is 14.0. The molecule has 0 unspecified atom stereocenters. The van der Waals surface area contributed by atoms with E-state index in [1.807, 2.05) is 49.4 Å². The Morgan fingerprint density at radius 1 is 1.07 bits per heavy atom. The van der Waals surface area contributed by atoms with Gasteiger partial charge in [-0.1, -0.05) is 87.1 Å². The highest BCUT2D eigenvalue weighted by molar-refractivity contribution is 7.89. The van der Waals surface area contributed by atoms with Crippen LogP contribution >= 0.6 is 0 Å². The van der Waals surface area contributed by atoms with Gasteiger partial charge in [-0.2, -0.15) is 4.31 Å². The molecule has 0 radical (unpaired) electrons. The number of allylic oxidation sites excluding steroid dienone is 5. The zero-order valence-electron chi connectivity index (χ0n) is 26.6. The number of nitrogens with one attached hydrogen (secondary N) is 1. The van der Waals surface area contributed by atoms with Gasteiger partial charge in [-0.15, -0.1) is 13.2 Å². The standard InChI is InChI=1S/C32H39F3N2O4S.C3H8/c1-3-5-7-11-26(4-2)14-10-21-36-30(38)25-31(24-27-12-8-6-9-13-27)19-22-37(23-20-31)42(39,40)29-17-15-28(16-18-29)41-32(33,34)35;1-3-2/h3-6,8-9,11-13,15-18H,2,7,10,14,19-25H2,1H3,(H,36,38);3H2,1-2H3/b5-3-,26-11+;. The topological polar surface area (TPSA) is 75.7 Å². The summed E-state index contributed by atoms with van der Waals surface area (Å²) in [6.45, 7) is 11.0. The van der Waals surface area contributed by atoms with Crippen LogP contribution in [0.5, 0.6) is 5.75 Å². The summed E-state index contributed by atoms with van der Waals surface area (Å²) in [4.78, 5) is 13.0. The van der Waals surface area contributed by atoms with Crippen molar-refractivity contribution in [1.29, 1.82) is 0 Å². The van der Waals surface area contributed by atoms with Gasteiger partial charge in [0.15, 0.2) is 0 Å². The first kappa shape index (κ1) is 37.8. The van der Waals surface area contributed by atoms with Gasteiger partial charge in [-0.25, -0.2) is 8.42 Å². The minimum atomic E-state index is -4.86. The molecule has 6 nitrogen and oxygen atoms in total. The molecule has 0 atom stereocenters. The molecule has 248 valence electrons. The number of halogens is 3. The molecular formula is C35H47F3N2O4S. The number of alkyl halides is 3. The summed E-state index contributed by atoms with van der Waals surface area (Å²) >= 11 is 0.